The highest BCUT2D eigenvalue weighted by Gasteiger charge is 2.31. The summed E-state index contributed by atoms with van der Waals surface area (Å²) in [6, 6.07) is 4.60. The van der Waals surface area contributed by atoms with Crippen molar-refractivity contribution in [3.05, 3.63) is 33.9 Å². The highest BCUT2D eigenvalue weighted by Crippen LogP contribution is 2.36. The van der Waals surface area contributed by atoms with E-state index in [4.69, 9.17) is 5.11 Å². The Hall–Kier alpha value is -2.11. The summed E-state index contributed by atoms with van der Waals surface area (Å²) in [6.45, 7) is 0.287. The quantitative estimate of drug-likeness (QED) is 0.561. The van der Waals surface area contributed by atoms with E-state index in [1.807, 2.05) is 0 Å². The van der Waals surface area contributed by atoms with Crippen molar-refractivity contribution in [1.82, 2.24) is 0 Å². The van der Waals surface area contributed by atoms with Gasteiger partial charge in [0.25, 0.3) is 5.69 Å². The molecule has 0 fully saturated rings. The largest absolute Gasteiger partial charge is 0.465 e. The molecule has 1 amide bonds. The Morgan fingerprint density at radius 3 is 2.87 bits per heavy atom. The third kappa shape index (κ3) is 1.39. The molecule has 0 bridgehead atoms. The molecular weight excluding hydrogens is 200 g/mol. The highest BCUT2D eigenvalue weighted by atomic mass is 16.6. The standard InChI is InChI=1S/C9H8N2O4/c12-9(13)10-5-4-6-2-1-3-7(8(6)10)11(14)15/h1-3H,4-5H2,(H,12,13). The van der Waals surface area contributed by atoms with Gasteiger partial charge in [-0.05, 0) is 12.0 Å². The van der Waals surface area contributed by atoms with Crippen LogP contribution in [0.25, 0.3) is 0 Å². The molecule has 0 saturated heterocycles. The van der Waals surface area contributed by atoms with Crippen molar-refractivity contribution >= 4 is 17.5 Å². The maximum Gasteiger partial charge on any atom is 0.412 e. The molecule has 1 heterocycles. The second-order valence-electron chi connectivity index (χ2n) is 3.23. The first kappa shape index (κ1) is 9.45. The lowest BCUT2D eigenvalue weighted by Gasteiger charge is -2.12. The Balaban J connectivity index is 2.58. The summed E-state index contributed by atoms with van der Waals surface area (Å²) in [5.41, 5.74) is 0.786. The smallest absolute Gasteiger partial charge is 0.412 e. The summed E-state index contributed by atoms with van der Waals surface area (Å²) < 4.78 is 0. The Kier molecular flexibility index (Phi) is 2.03. The number of fused-ring (bicyclic) bond motifs is 1. The highest BCUT2D eigenvalue weighted by molar-refractivity contribution is 5.92. The molecule has 78 valence electrons. The minimum atomic E-state index is -1.15. The second-order valence-corrected chi connectivity index (χ2v) is 3.23. The summed E-state index contributed by atoms with van der Waals surface area (Å²) in [5.74, 6) is 0. The zero-order chi connectivity index (χ0) is 11.0. The number of nitrogens with zero attached hydrogens (tertiary/aromatic N) is 2. The Labute approximate surface area is 84.9 Å². The van der Waals surface area contributed by atoms with Gasteiger partial charge in [0.05, 0.1) is 4.92 Å². The van der Waals surface area contributed by atoms with E-state index in [1.165, 1.54) is 6.07 Å². The summed E-state index contributed by atoms with van der Waals surface area (Å²) in [5, 5.41) is 19.6. The molecule has 15 heavy (non-hydrogen) atoms. The van der Waals surface area contributed by atoms with Crippen LogP contribution in [0.2, 0.25) is 0 Å². The number of anilines is 1. The number of carboxylic acid groups (broad SMARTS) is 1. The van der Waals surface area contributed by atoms with Gasteiger partial charge in [-0.1, -0.05) is 12.1 Å². The summed E-state index contributed by atoms with van der Waals surface area (Å²) >= 11 is 0. The number of nitro groups is 1. The van der Waals surface area contributed by atoms with Crippen molar-refractivity contribution in [2.24, 2.45) is 0 Å². The van der Waals surface area contributed by atoms with Gasteiger partial charge >= 0.3 is 6.09 Å². The molecule has 0 aromatic heterocycles. The lowest BCUT2D eigenvalue weighted by atomic mass is 10.1. The Morgan fingerprint density at radius 2 is 2.27 bits per heavy atom. The Bertz CT molecular complexity index is 444. The average Bonchev–Trinajstić information content (AvgIpc) is 2.60. The van der Waals surface area contributed by atoms with Gasteiger partial charge in [-0.2, -0.15) is 0 Å². The molecule has 0 atom stereocenters. The number of amides is 1. The SMILES string of the molecule is O=C(O)N1CCc2cccc([N+](=O)[O-])c21. The fourth-order valence-corrected chi connectivity index (χ4v) is 1.77. The predicted molar refractivity (Wildman–Crippen MR) is 52.2 cm³/mol. The molecule has 1 aliphatic heterocycles. The number of para-hydroxylation sites is 1. The van der Waals surface area contributed by atoms with E-state index in [-0.39, 0.29) is 17.9 Å². The van der Waals surface area contributed by atoms with Gasteiger partial charge < -0.3 is 5.11 Å². The second kappa shape index (κ2) is 3.23. The zero-order valence-electron chi connectivity index (χ0n) is 7.71. The van der Waals surface area contributed by atoms with Crippen LogP contribution in [0.3, 0.4) is 0 Å². The topological polar surface area (TPSA) is 83.7 Å². The van der Waals surface area contributed by atoms with E-state index >= 15 is 0 Å². The lowest BCUT2D eigenvalue weighted by Crippen LogP contribution is -2.27. The molecule has 0 unspecified atom stereocenters. The maximum atomic E-state index is 10.8. The first-order valence-electron chi connectivity index (χ1n) is 4.38. The van der Waals surface area contributed by atoms with E-state index in [1.54, 1.807) is 12.1 Å². The number of carbonyl (C=O) groups is 1. The summed E-state index contributed by atoms with van der Waals surface area (Å²) in [4.78, 5) is 22.0. The fourth-order valence-electron chi connectivity index (χ4n) is 1.77. The van der Waals surface area contributed by atoms with Crippen LogP contribution in [0.4, 0.5) is 16.2 Å². The van der Waals surface area contributed by atoms with Crippen LogP contribution in [-0.2, 0) is 6.42 Å². The van der Waals surface area contributed by atoms with Crippen LogP contribution in [0.1, 0.15) is 5.56 Å². The zero-order valence-corrected chi connectivity index (χ0v) is 7.71. The van der Waals surface area contributed by atoms with Crippen molar-refractivity contribution in [2.45, 2.75) is 6.42 Å². The normalized spacial score (nSPS) is 13.7. The molecule has 1 aromatic rings. The van der Waals surface area contributed by atoms with E-state index in [0.29, 0.717) is 12.0 Å². The van der Waals surface area contributed by atoms with Gasteiger partial charge in [0.15, 0.2) is 0 Å². The van der Waals surface area contributed by atoms with Crippen LogP contribution >= 0.6 is 0 Å². The first-order valence-corrected chi connectivity index (χ1v) is 4.38. The monoisotopic (exact) mass is 208 g/mol. The van der Waals surface area contributed by atoms with Crippen LogP contribution in [0.15, 0.2) is 18.2 Å². The van der Waals surface area contributed by atoms with E-state index < -0.39 is 11.0 Å². The predicted octanol–water partition coefficient (Wildman–Crippen LogP) is 1.64. The molecule has 2 rings (SSSR count). The number of nitro benzene ring substituents is 1. The van der Waals surface area contributed by atoms with Gasteiger partial charge in [-0.25, -0.2) is 4.79 Å². The molecule has 1 aliphatic rings. The average molecular weight is 208 g/mol. The number of hydrogen-bond donors (Lipinski definition) is 1. The van der Waals surface area contributed by atoms with E-state index in [2.05, 4.69) is 0 Å². The van der Waals surface area contributed by atoms with Crippen molar-refractivity contribution in [3.8, 4) is 0 Å². The van der Waals surface area contributed by atoms with Crippen molar-refractivity contribution in [3.63, 3.8) is 0 Å². The summed E-state index contributed by atoms with van der Waals surface area (Å²) in [6.07, 6.45) is -0.619. The number of hydrogen-bond acceptors (Lipinski definition) is 3. The van der Waals surface area contributed by atoms with Gasteiger partial charge in [-0.15, -0.1) is 0 Å². The molecule has 6 heteroatoms. The van der Waals surface area contributed by atoms with Gasteiger partial charge in [0, 0.05) is 12.6 Å². The molecule has 1 N–H and O–H groups in total. The molecule has 0 aliphatic carbocycles. The first-order chi connectivity index (χ1) is 7.11. The van der Waals surface area contributed by atoms with E-state index in [0.717, 1.165) is 4.90 Å². The lowest BCUT2D eigenvalue weighted by molar-refractivity contribution is -0.384. The fraction of sp³-hybridized carbons (Fsp3) is 0.222. The van der Waals surface area contributed by atoms with Gasteiger partial charge in [-0.3, -0.25) is 15.0 Å². The van der Waals surface area contributed by atoms with Crippen LogP contribution in [-0.4, -0.2) is 22.7 Å². The summed E-state index contributed by atoms with van der Waals surface area (Å²) in [7, 11) is 0. The van der Waals surface area contributed by atoms with Crippen LogP contribution in [0.5, 0.6) is 0 Å². The maximum absolute atomic E-state index is 10.8. The van der Waals surface area contributed by atoms with Gasteiger partial charge in [0.1, 0.15) is 5.69 Å². The number of benzene rings is 1. The van der Waals surface area contributed by atoms with E-state index in [9.17, 15) is 14.9 Å². The minimum Gasteiger partial charge on any atom is -0.465 e. The van der Waals surface area contributed by atoms with Crippen LogP contribution < -0.4 is 4.90 Å². The van der Waals surface area contributed by atoms with Crippen molar-refractivity contribution in [2.75, 3.05) is 11.4 Å². The third-order valence-corrected chi connectivity index (χ3v) is 2.40. The third-order valence-electron chi connectivity index (χ3n) is 2.40. The Morgan fingerprint density at radius 1 is 1.53 bits per heavy atom. The molecular formula is C9H8N2O4. The minimum absolute atomic E-state index is 0.146. The van der Waals surface area contributed by atoms with Crippen LogP contribution in [0, 0.1) is 10.1 Å². The number of rotatable bonds is 1. The molecule has 6 nitrogen and oxygen atoms in total. The molecule has 0 saturated carbocycles. The molecule has 0 spiro atoms. The van der Waals surface area contributed by atoms with Crippen molar-refractivity contribution < 1.29 is 14.8 Å². The van der Waals surface area contributed by atoms with Crippen molar-refractivity contribution in [1.29, 1.82) is 0 Å². The van der Waals surface area contributed by atoms with Gasteiger partial charge in [0.2, 0.25) is 0 Å². The molecule has 1 aromatic carbocycles. The molecule has 0 radical (unpaired) electrons.